The first-order valence-corrected chi connectivity index (χ1v) is 8.94. The highest BCUT2D eigenvalue weighted by atomic mass is 32.2. The van der Waals surface area contributed by atoms with Gasteiger partial charge in [-0.05, 0) is 26.0 Å². The van der Waals surface area contributed by atoms with E-state index in [-0.39, 0.29) is 23.9 Å². The molecule has 132 valence electrons. The van der Waals surface area contributed by atoms with Gasteiger partial charge in [-0.15, -0.1) is 11.8 Å². The first-order chi connectivity index (χ1) is 11.8. The zero-order valence-corrected chi connectivity index (χ0v) is 15.1. The van der Waals surface area contributed by atoms with E-state index in [1.165, 1.54) is 16.7 Å². The van der Waals surface area contributed by atoms with Crippen molar-refractivity contribution in [2.75, 3.05) is 12.8 Å². The van der Waals surface area contributed by atoms with Crippen LogP contribution in [0.4, 0.5) is 0 Å². The lowest BCUT2D eigenvalue weighted by atomic mass is 10.1. The highest BCUT2D eigenvalue weighted by Crippen LogP contribution is 2.29. The molecule has 2 amide bonds. The Morgan fingerprint density at radius 2 is 2.08 bits per heavy atom. The number of thioether (sulfide) groups is 1. The summed E-state index contributed by atoms with van der Waals surface area (Å²) >= 11 is 1.46. The van der Waals surface area contributed by atoms with Gasteiger partial charge in [0.2, 0.25) is 11.8 Å². The summed E-state index contributed by atoms with van der Waals surface area (Å²) in [7, 11) is 1.63. The molecule has 8 heteroatoms. The summed E-state index contributed by atoms with van der Waals surface area (Å²) in [4.78, 5) is 45.3. The Hall–Kier alpha value is -2.35. The van der Waals surface area contributed by atoms with Crippen molar-refractivity contribution in [3.05, 3.63) is 40.4 Å². The smallest absolute Gasteiger partial charge is 0.258 e. The maximum Gasteiger partial charge on any atom is 0.258 e. The van der Waals surface area contributed by atoms with E-state index < -0.39 is 10.8 Å². The van der Waals surface area contributed by atoms with Crippen LogP contribution in [0.15, 0.2) is 29.1 Å². The van der Waals surface area contributed by atoms with E-state index in [0.717, 1.165) is 0 Å². The fourth-order valence-electron chi connectivity index (χ4n) is 2.64. The Labute approximate surface area is 149 Å². The Kier molecular flexibility index (Phi) is 4.55. The van der Waals surface area contributed by atoms with Crippen molar-refractivity contribution in [3.8, 4) is 0 Å². The number of amides is 2. The van der Waals surface area contributed by atoms with Crippen LogP contribution in [0.25, 0.3) is 10.9 Å². The summed E-state index contributed by atoms with van der Waals surface area (Å²) in [6.07, 6.45) is 0. The number of hydrogen-bond acceptors (Lipinski definition) is 5. The van der Waals surface area contributed by atoms with Gasteiger partial charge in [-0.2, -0.15) is 0 Å². The SMILES string of the molecule is CN(Cc1nc2ccccc2c(=O)[nH]1)C(=O)[C@@H]1CSC(C)(C)C(=O)N1. The van der Waals surface area contributed by atoms with E-state index in [2.05, 4.69) is 15.3 Å². The molecule has 1 atom stereocenters. The minimum Gasteiger partial charge on any atom is -0.342 e. The Bertz CT molecular complexity index is 893. The van der Waals surface area contributed by atoms with Crippen molar-refractivity contribution in [1.82, 2.24) is 20.2 Å². The van der Waals surface area contributed by atoms with Gasteiger partial charge in [0.1, 0.15) is 11.9 Å². The number of nitrogens with one attached hydrogen (secondary N) is 2. The molecule has 1 aliphatic rings. The summed E-state index contributed by atoms with van der Waals surface area (Å²) in [5.74, 6) is 0.582. The molecule has 1 aromatic heterocycles. The van der Waals surface area contributed by atoms with Gasteiger partial charge in [-0.1, -0.05) is 12.1 Å². The lowest BCUT2D eigenvalue weighted by Crippen LogP contribution is -2.57. The maximum atomic E-state index is 12.6. The third kappa shape index (κ3) is 3.53. The third-order valence-electron chi connectivity index (χ3n) is 4.19. The number of para-hydroxylation sites is 1. The standard InChI is InChI=1S/C17H20N4O3S/c1-17(2)16(24)19-12(9-25-17)15(23)21(3)8-13-18-11-7-5-4-6-10(11)14(22)20-13/h4-7,12H,8-9H2,1-3H3,(H,19,24)(H,18,20,22)/t12-/m0/s1. The van der Waals surface area contributed by atoms with Crippen LogP contribution < -0.4 is 10.9 Å². The number of hydrogen-bond donors (Lipinski definition) is 2. The topological polar surface area (TPSA) is 95.2 Å². The van der Waals surface area contributed by atoms with Crippen LogP contribution in [0.3, 0.4) is 0 Å². The Morgan fingerprint density at radius 1 is 1.36 bits per heavy atom. The van der Waals surface area contributed by atoms with Gasteiger partial charge in [0.05, 0.1) is 22.2 Å². The minimum absolute atomic E-state index is 0.146. The van der Waals surface area contributed by atoms with E-state index in [1.54, 1.807) is 25.2 Å². The molecule has 2 aromatic rings. The molecule has 0 radical (unpaired) electrons. The first kappa shape index (κ1) is 17.5. The molecule has 0 spiro atoms. The predicted octanol–water partition coefficient (Wildman–Crippen LogP) is 0.892. The molecule has 3 rings (SSSR count). The average Bonchev–Trinajstić information content (AvgIpc) is 2.57. The van der Waals surface area contributed by atoms with Crippen molar-refractivity contribution in [2.45, 2.75) is 31.2 Å². The predicted molar refractivity (Wildman–Crippen MR) is 97.3 cm³/mol. The largest absolute Gasteiger partial charge is 0.342 e. The third-order valence-corrected chi connectivity index (χ3v) is 5.59. The van der Waals surface area contributed by atoms with Gasteiger partial charge < -0.3 is 15.2 Å². The number of aromatic amines is 1. The Morgan fingerprint density at radius 3 is 2.80 bits per heavy atom. The number of likely N-dealkylation sites (N-methyl/N-ethyl adjacent to an activating group) is 1. The van der Waals surface area contributed by atoms with Crippen LogP contribution in [0.5, 0.6) is 0 Å². The first-order valence-electron chi connectivity index (χ1n) is 7.96. The minimum atomic E-state index is -0.567. The van der Waals surface area contributed by atoms with E-state index in [4.69, 9.17) is 0 Å². The van der Waals surface area contributed by atoms with E-state index in [9.17, 15) is 14.4 Å². The van der Waals surface area contributed by atoms with Crippen molar-refractivity contribution in [1.29, 1.82) is 0 Å². The molecule has 1 fully saturated rings. The molecule has 25 heavy (non-hydrogen) atoms. The van der Waals surface area contributed by atoms with Crippen LogP contribution in [-0.4, -0.2) is 50.3 Å². The highest BCUT2D eigenvalue weighted by Gasteiger charge is 2.38. The van der Waals surface area contributed by atoms with Gasteiger partial charge in [-0.25, -0.2) is 4.98 Å². The summed E-state index contributed by atoms with van der Waals surface area (Å²) in [5.41, 5.74) is 0.357. The van der Waals surface area contributed by atoms with Crippen molar-refractivity contribution in [3.63, 3.8) is 0 Å². The second-order valence-electron chi connectivity index (χ2n) is 6.57. The lowest BCUT2D eigenvalue weighted by molar-refractivity contribution is -0.136. The van der Waals surface area contributed by atoms with Crippen molar-refractivity contribution in [2.24, 2.45) is 0 Å². The number of carbonyl (C=O) groups excluding carboxylic acids is 2. The molecule has 1 aromatic carbocycles. The molecule has 0 saturated carbocycles. The van der Waals surface area contributed by atoms with Gasteiger partial charge in [0.25, 0.3) is 5.56 Å². The van der Waals surface area contributed by atoms with Gasteiger partial charge in [-0.3, -0.25) is 14.4 Å². The summed E-state index contributed by atoms with van der Waals surface area (Å²) in [6, 6.07) is 6.48. The van der Waals surface area contributed by atoms with Crippen LogP contribution in [0.1, 0.15) is 19.7 Å². The average molecular weight is 360 g/mol. The molecule has 0 aliphatic carbocycles. The summed E-state index contributed by atoms with van der Waals surface area (Å²) in [5, 5.41) is 3.28. The zero-order valence-electron chi connectivity index (χ0n) is 14.3. The fourth-order valence-corrected chi connectivity index (χ4v) is 3.64. The van der Waals surface area contributed by atoms with Gasteiger partial charge in [0.15, 0.2) is 0 Å². The molecular formula is C17H20N4O3S. The quantitative estimate of drug-likeness (QED) is 0.848. The zero-order chi connectivity index (χ0) is 18.2. The molecule has 2 heterocycles. The molecule has 1 saturated heterocycles. The lowest BCUT2D eigenvalue weighted by Gasteiger charge is -2.34. The summed E-state index contributed by atoms with van der Waals surface area (Å²) in [6.45, 7) is 3.83. The number of benzene rings is 1. The van der Waals surface area contributed by atoms with Crippen LogP contribution in [0, 0.1) is 0 Å². The second-order valence-corrected chi connectivity index (χ2v) is 8.21. The molecule has 0 unspecified atom stereocenters. The number of nitrogens with zero attached hydrogens (tertiary/aromatic N) is 2. The van der Waals surface area contributed by atoms with E-state index >= 15 is 0 Å². The highest BCUT2D eigenvalue weighted by molar-refractivity contribution is 8.01. The van der Waals surface area contributed by atoms with Crippen molar-refractivity contribution < 1.29 is 9.59 Å². The molecule has 2 N–H and O–H groups in total. The second kappa shape index (κ2) is 6.51. The van der Waals surface area contributed by atoms with Crippen LogP contribution in [0.2, 0.25) is 0 Å². The molecule has 7 nitrogen and oxygen atoms in total. The van der Waals surface area contributed by atoms with Crippen LogP contribution in [-0.2, 0) is 16.1 Å². The van der Waals surface area contributed by atoms with Gasteiger partial charge >= 0.3 is 0 Å². The summed E-state index contributed by atoms with van der Waals surface area (Å²) < 4.78 is -0.527. The van der Waals surface area contributed by atoms with E-state index in [0.29, 0.717) is 22.5 Å². The number of aromatic nitrogens is 2. The number of fused-ring (bicyclic) bond motifs is 1. The fraction of sp³-hybridized carbons (Fsp3) is 0.412. The molecule has 0 bridgehead atoms. The normalized spacial score (nSPS) is 19.5. The number of H-pyrrole nitrogens is 1. The maximum absolute atomic E-state index is 12.6. The van der Waals surface area contributed by atoms with Gasteiger partial charge in [0, 0.05) is 12.8 Å². The monoisotopic (exact) mass is 360 g/mol. The number of carbonyl (C=O) groups is 2. The molecule has 1 aliphatic heterocycles. The van der Waals surface area contributed by atoms with Crippen molar-refractivity contribution >= 4 is 34.5 Å². The van der Waals surface area contributed by atoms with Crippen LogP contribution >= 0.6 is 11.8 Å². The number of rotatable bonds is 3. The molecular weight excluding hydrogens is 340 g/mol. The Balaban J connectivity index is 1.74. The van der Waals surface area contributed by atoms with E-state index in [1.807, 2.05) is 19.9 Å².